The van der Waals surface area contributed by atoms with Gasteiger partial charge in [-0.05, 0) is 56.9 Å². The van der Waals surface area contributed by atoms with Crippen LogP contribution in [0.25, 0.3) is 10.2 Å². The zero-order chi connectivity index (χ0) is 19.0. The second-order valence-corrected chi connectivity index (χ2v) is 8.33. The number of aromatic nitrogens is 3. The van der Waals surface area contributed by atoms with Crippen molar-refractivity contribution >= 4 is 39.1 Å². The molecule has 0 spiro atoms. The molecule has 1 aliphatic heterocycles. The molecule has 6 nitrogen and oxygen atoms in total. The van der Waals surface area contributed by atoms with Crippen molar-refractivity contribution in [2.75, 3.05) is 23.3 Å². The van der Waals surface area contributed by atoms with E-state index >= 15 is 0 Å². The molecular weight excluding hydrogens is 358 g/mol. The van der Waals surface area contributed by atoms with Crippen LogP contribution in [0.5, 0.6) is 0 Å². The molecule has 7 heteroatoms. The zero-order valence-corrected chi connectivity index (χ0v) is 16.6. The van der Waals surface area contributed by atoms with Crippen LogP contribution in [0.4, 0.5) is 11.6 Å². The Kier molecular flexibility index (Phi) is 4.78. The molecule has 0 saturated carbocycles. The van der Waals surface area contributed by atoms with Gasteiger partial charge < -0.3 is 10.2 Å². The van der Waals surface area contributed by atoms with Crippen LogP contribution in [0, 0.1) is 26.7 Å². The van der Waals surface area contributed by atoms with Gasteiger partial charge in [0.1, 0.15) is 22.8 Å². The van der Waals surface area contributed by atoms with Crippen molar-refractivity contribution in [3.8, 4) is 0 Å². The molecule has 3 aromatic rings. The fourth-order valence-electron chi connectivity index (χ4n) is 3.59. The molecular formula is C20H23N5OS. The van der Waals surface area contributed by atoms with Crippen LogP contribution in [0.3, 0.4) is 0 Å². The van der Waals surface area contributed by atoms with Gasteiger partial charge in [0, 0.05) is 30.1 Å². The minimum atomic E-state index is 0.00574. The molecule has 4 heterocycles. The lowest BCUT2D eigenvalue weighted by Gasteiger charge is -2.32. The van der Waals surface area contributed by atoms with Gasteiger partial charge in [-0.1, -0.05) is 0 Å². The molecule has 1 N–H and O–H groups in total. The van der Waals surface area contributed by atoms with Crippen LogP contribution < -0.4 is 10.2 Å². The Morgan fingerprint density at radius 2 is 1.96 bits per heavy atom. The first-order valence-electron chi connectivity index (χ1n) is 9.22. The second-order valence-electron chi connectivity index (χ2n) is 7.13. The average Bonchev–Trinajstić information content (AvgIpc) is 2.96. The summed E-state index contributed by atoms with van der Waals surface area (Å²) in [5.41, 5.74) is 2.35. The average molecular weight is 382 g/mol. The van der Waals surface area contributed by atoms with Crippen molar-refractivity contribution in [1.29, 1.82) is 0 Å². The second kappa shape index (κ2) is 7.23. The monoisotopic (exact) mass is 381 g/mol. The fourth-order valence-corrected chi connectivity index (χ4v) is 4.58. The van der Waals surface area contributed by atoms with Gasteiger partial charge in [-0.15, -0.1) is 11.3 Å². The number of thiophene rings is 1. The number of piperidine rings is 1. The third kappa shape index (κ3) is 3.51. The highest BCUT2D eigenvalue weighted by molar-refractivity contribution is 7.18. The summed E-state index contributed by atoms with van der Waals surface area (Å²) in [6.45, 7) is 7.89. The number of amides is 1. The van der Waals surface area contributed by atoms with Crippen molar-refractivity contribution in [2.45, 2.75) is 33.6 Å². The lowest BCUT2D eigenvalue weighted by molar-refractivity contribution is -0.120. The fraction of sp³-hybridized carbons (Fsp3) is 0.400. The predicted octanol–water partition coefficient (Wildman–Crippen LogP) is 3.87. The van der Waals surface area contributed by atoms with Gasteiger partial charge in [-0.2, -0.15) is 0 Å². The number of aryl methyl sites for hydroxylation is 3. The summed E-state index contributed by atoms with van der Waals surface area (Å²) in [5.74, 6) is 1.69. The third-order valence-corrected chi connectivity index (χ3v) is 6.39. The highest BCUT2D eigenvalue weighted by atomic mass is 32.1. The van der Waals surface area contributed by atoms with Crippen LogP contribution in [-0.4, -0.2) is 33.9 Å². The van der Waals surface area contributed by atoms with Crippen LogP contribution in [-0.2, 0) is 4.79 Å². The van der Waals surface area contributed by atoms with Crippen molar-refractivity contribution in [3.63, 3.8) is 0 Å². The van der Waals surface area contributed by atoms with E-state index in [1.807, 2.05) is 19.1 Å². The molecule has 0 bridgehead atoms. The molecule has 0 aromatic carbocycles. The van der Waals surface area contributed by atoms with Gasteiger partial charge in [0.15, 0.2) is 0 Å². The van der Waals surface area contributed by atoms with Gasteiger partial charge in [-0.25, -0.2) is 15.0 Å². The van der Waals surface area contributed by atoms with Crippen molar-refractivity contribution < 1.29 is 4.79 Å². The molecule has 1 saturated heterocycles. The normalized spacial score (nSPS) is 15.3. The summed E-state index contributed by atoms with van der Waals surface area (Å²) in [4.78, 5) is 30.4. The summed E-state index contributed by atoms with van der Waals surface area (Å²) in [5, 5.41) is 4.12. The van der Waals surface area contributed by atoms with Crippen LogP contribution in [0.2, 0.25) is 0 Å². The molecule has 0 radical (unpaired) electrons. The number of rotatable bonds is 3. The Morgan fingerprint density at radius 3 is 2.70 bits per heavy atom. The van der Waals surface area contributed by atoms with Gasteiger partial charge >= 0.3 is 0 Å². The number of anilines is 2. The van der Waals surface area contributed by atoms with E-state index in [9.17, 15) is 4.79 Å². The maximum Gasteiger partial charge on any atom is 0.228 e. The number of hydrogen-bond donors (Lipinski definition) is 1. The summed E-state index contributed by atoms with van der Waals surface area (Å²) in [6.07, 6.45) is 4.99. The van der Waals surface area contributed by atoms with Crippen LogP contribution in [0.1, 0.15) is 28.8 Å². The van der Waals surface area contributed by atoms with Gasteiger partial charge in [0.05, 0.1) is 5.39 Å². The first-order valence-corrected chi connectivity index (χ1v) is 10.0. The molecule has 0 unspecified atom stereocenters. The number of nitrogens with zero attached hydrogens (tertiary/aromatic N) is 4. The highest BCUT2D eigenvalue weighted by Crippen LogP contribution is 2.35. The number of carbonyl (C=O) groups excluding carboxylic acids is 1. The Hall–Kier alpha value is -2.54. The van der Waals surface area contributed by atoms with Gasteiger partial charge in [0.25, 0.3) is 0 Å². The van der Waals surface area contributed by atoms with E-state index in [1.54, 1.807) is 23.9 Å². The minimum absolute atomic E-state index is 0.00574. The SMILES string of the molecule is Cc1ccnc(NC(=O)C2CCN(c3ncnc4sc(C)c(C)c34)CC2)c1. The van der Waals surface area contributed by atoms with E-state index in [1.165, 1.54) is 10.4 Å². The number of pyridine rings is 1. The minimum Gasteiger partial charge on any atom is -0.356 e. The van der Waals surface area contributed by atoms with Crippen LogP contribution >= 0.6 is 11.3 Å². The summed E-state index contributed by atoms with van der Waals surface area (Å²) >= 11 is 1.72. The maximum absolute atomic E-state index is 12.6. The summed E-state index contributed by atoms with van der Waals surface area (Å²) in [6, 6.07) is 3.82. The first-order chi connectivity index (χ1) is 13.0. The highest BCUT2D eigenvalue weighted by Gasteiger charge is 2.27. The predicted molar refractivity (Wildman–Crippen MR) is 109 cm³/mol. The topological polar surface area (TPSA) is 71.0 Å². The van der Waals surface area contributed by atoms with Crippen LogP contribution in [0.15, 0.2) is 24.7 Å². The largest absolute Gasteiger partial charge is 0.356 e. The lowest BCUT2D eigenvalue weighted by atomic mass is 9.95. The molecule has 140 valence electrons. The number of carbonyl (C=O) groups is 1. The molecule has 27 heavy (non-hydrogen) atoms. The van der Waals surface area contributed by atoms with Crippen molar-refractivity contribution in [3.05, 3.63) is 40.7 Å². The number of hydrogen-bond acceptors (Lipinski definition) is 6. The van der Waals surface area contributed by atoms with Gasteiger partial charge in [-0.3, -0.25) is 4.79 Å². The molecule has 1 amide bonds. The smallest absolute Gasteiger partial charge is 0.228 e. The molecule has 0 aliphatic carbocycles. The van der Waals surface area contributed by atoms with E-state index in [0.29, 0.717) is 5.82 Å². The van der Waals surface area contributed by atoms with E-state index < -0.39 is 0 Å². The quantitative estimate of drug-likeness (QED) is 0.746. The maximum atomic E-state index is 12.6. The van der Waals surface area contributed by atoms with Crippen molar-refractivity contribution in [2.24, 2.45) is 5.92 Å². The Morgan fingerprint density at radius 1 is 1.19 bits per heavy atom. The standard InChI is InChI=1S/C20H23N5OS/c1-12-4-7-21-16(10-12)24-19(26)15-5-8-25(9-6-15)18-17-13(2)14(3)27-20(17)23-11-22-18/h4,7,10-11,15H,5-6,8-9H2,1-3H3,(H,21,24,26). The molecule has 0 atom stereocenters. The molecule has 4 rings (SSSR count). The molecule has 1 fully saturated rings. The lowest BCUT2D eigenvalue weighted by Crippen LogP contribution is -2.38. The van der Waals surface area contributed by atoms with E-state index in [-0.39, 0.29) is 11.8 Å². The van der Waals surface area contributed by atoms with E-state index in [4.69, 9.17) is 0 Å². The Bertz CT molecular complexity index is 991. The summed E-state index contributed by atoms with van der Waals surface area (Å²) in [7, 11) is 0. The number of nitrogens with one attached hydrogen (secondary N) is 1. The van der Waals surface area contributed by atoms with E-state index in [2.05, 4.69) is 39.0 Å². The van der Waals surface area contributed by atoms with Gasteiger partial charge in [0.2, 0.25) is 5.91 Å². The molecule has 3 aromatic heterocycles. The molecule has 1 aliphatic rings. The summed E-state index contributed by atoms with van der Waals surface area (Å²) < 4.78 is 0. The third-order valence-electron chi connectivity index (χ3n) is 5.28. The Balaban J connectivity index is 1.46. The zero-order valence-electron chi connectivity index (χ0n) is 15.8. The van der Waals surface area contributed by atoms with Crippen molar-refractivity contribution in [1.82, 2.24) is 15.0 Å². The van der Waals surface area contributed by atoms with E-state index in [0.717, 1.165) is 47.5 Å². The number of fused-ring (bicyclic) bond motifs is 1. The first kappa shape index (κ1) is 17.9. The Labute approximate surface area is 162 Å².